The molecule has 0 aliphatic heterocycles. The first-order valence-electron chi connectivity index (χ1n) is 6.72. The third-order valence-corrected chi connectivity index (χ3v) is 4.14. The molecule has 2 aromatic rings. The van der Waals surface area contributed by atoms with Gasteiger partial charge in [-0.3, -0.25) is 4.79 Å². The van der Waals surface area contributed by atoms with Gasteiger partial charge in [-0.25, -0.2) is 9.97 Å². The van der Waals surface area contributed by atoms with Crippen molar-refractivity contribution in [3.63, 3.8) is 0 Å². The van der Waals surface area contributed by atoms with E-state index in [-0.39, 0.29) is 11.3 Å². The number of carbonyl (C=O) groups excluding carboxylic acids is 1. The van der Waals surface area contributed by atoms with Crippen LogP contribution in [0.5, 0.6) is 0 Å². The number of aromatic nitrogens is 2. The second-order valence-corrected chi connectivity index (χ2v) is 7.14. The molecule has 0 spiro atoms. The molecular formula is C14H21N5OS. The summed E-state index contributed by atoms with van der Waals surface area (Å²) in [5.41, 5.74) is 6.99. The third kappa shape index (κ3) is 3.68. The fraction of sp³-hybridized carbons (Fsp3) is 0.500. The molecule has 2 rings (SSSR count). The van der Waals surface area contributed by atoms with Gasteiger partial charge in [0.1, 0.15) is 15.2 Å². The molecule has 0 radical (unpaired) electrons. The lowest BCUT2D eigenvalue weighted by Gasteiger charge is -2.28. The van der Waals surface area contributed by atoms with Gasteiger partial charge in [0.25, 0.3) is 5.91 Å². The molecule has 0 atom stereocenters. The number of thiophene rings is 1. The number of rotatable bonds is 5. The number of anilines is 1. The average Bonchev–Trinajstić information content (AvgIpc) is 2.73. The molecule has 0 aliphatic carbocycles. The summed E-state index contributed by atoms with van der Waals surface area (Å²) in [7, 11) is 4.04. The highest BCUT2D eigenvalue weighted by molar-refractivity contribution is 7.21. The zero-order valence-electron chi connectivity index (χ0n) is 12.8. The molecule has 1 amide bonds. The number of amides is 1. The van der Waals surface area contributed by atoms with E-state index in [9.17, 15) is 4.79 Å². The Bertz CT molecular complexity index is 650. The van der Waals surface area contributed by atoms with Gasteiger partial charge in [0.15, 0.2) is 0 Å². The normalized spacial score (nSPS) is 12.0. The molecule has 0 aromatic carbocycles. The van der Waals surface area contributed by atoms with Crippen LogP contribution in [0.4, 0.5) is 5.69 Å². The van der Waals surface area contributed by atoms with Crippen LogP contribution in [0, 0.1) is 5.41 Å². The van der Waals surface area contributed by atoms with Gasteiger partial charge in [-0.1, -0.05) is 13.8 Å². The second kappa shape index (κ2) is 5.95. The monoisotopic (exact) mass is 307 g/mol. The predicted molar refractivity (Wildman–Crippen MR) is 86.5 cm³/mol. The molecule has 0 saturated heterocycles. The molecule has 0 fully saturated rings. The summed E-state index contributed by atoms with van der Waals surface area (Å²) < 4.78 is 0. The summed E-state index contributed by atoms with van der Waals surface area (Å²) in [6.07, 6.45) is 3.17. The standard InChI is InChI=1S/C14H21N5OS/c1-14(2,8-19(3)4)7-18-12(20)11-9(15)10-13(21-11)17-6-5-16-10/h5-6H,7-8,15H2,1-4H3,(H,18,20). The molecule has 7 heteroatoms. The Balaban J connectivity index is 2.11. The topological polar surface area (TPSA) is 84.1 Å². The fourth-order valence-electron chi connectivity index (χ4n) is 2.32. The number of hydrogen-bond donors (Lipinski definition) is 2. The van der Waals surface area contributed by atoms with E-state index in [4.69, 9.17) is 5.73 Å². The summed E-state index contributed by atoms with van der Waals surface area (Å²) in [4.78, 5) is 23.9. The van der Waals surface area contributed by atoms with Crippen molar-refractivity contribution in [2.24, 2.45) is 5.41 Å². The third-order valence-electron chi connectivity index (χ3n) is 3.04. The molecular weight excluding hydrogens is 286 g/mol. The maximum atomic E-state index is 12.3. The van der Waals surface area contributed by atoms with Crippen molar-refractivity contribution in [1.29, 1.82) is 0 Å². The predicted octanol–water partition coefficient (Wildman–Crippen LogP) is 1.59. The maximum absolute atomic E-state index is 12.3. The summed E-state index contributed by atoms with van der Waals surface area (Å²) in [5, 5.41) is 2.96. The molecule has 6 nitrogen and oxygen atoms in total. The van der Waals surface area contributed by atoms with E-state index in [0.717, 1.165) is 6.54 Å². The molecule has 0 bridgehead atoms. The first kappa shape index (κ1) is 15.7. The lowest BCUT2D eigenvalue weighted by molar-refractivity contribution is 0.0934. The summed E-state index contributed by atoms with van der Waals surface area (Å²) in [5.74, 6) is -0.163. The van der Waals surface area contributed by atoms with E-state index in [1.807, 2.05) is 14.1 Å². The lowest BCUT2D eigenvalue weighted by atomic mass is 9.93. The summed E-state index contributed by atoms with van der Waals surface area (Å²) in [6.45, 7) is 5.70. The van der Waals surface area contributed by atoms with Crippen molar-refractivity contribution < 1.29 is 4.79 Å². The van der Waals surface area contributed by atoms with Crippen molar-refractivity contribution in [2.45, 2.75) is 13.8 Å². The van der Waals surface area contributed by atoms with E-state index in [2.05, 4.69) is 34.0 Å². The van der Waals surface area contributed by atoms with Crippen molar-refractivity contribution in [1.82, 2.24) is 20.2 Å². The number of nitrogens with zero attached hydrogens (tertiary/aromatic N) is 3. The minimum atomic E-state index is -0.163. The minimum absolute atomic E-state index is 0.0128. The minimum Gasteiger partial charge on any atom is -0.396 e. The van der Waals surface area contributed by atoms with Crippen LogP contribution >= 0.6 is 11.3 Å². The zero-order chi connectivity index (χ0) is 15.6. The SMILES string of the molecule is CN(C)CC(C)(C)CNC(=O)c1sc2nccnc2c1N. The molecule has 0 aliphatic rings. The quantitative estimate of drug-likeness (QED) is 0.876. The van der Waals surface area contributed by atoms with Gasteiger partial charge >= 0.3 is 0 Å². The van der Waals surface area contributed by atoms with Crippen LogP contribution in [0.2, 0.25) is 0 Å². The van der Waals surface area contributed by atoms with Gasteiger partial charge in [0.2, 0.25) is 0 Å². The van der Waals surface area contributed by atoms with Gasteiger partial charge < -0.3 is 16.0 Å². The summed E-state index contributed by atoms with van der Waals surface area (Å²) >= 11 is 1.28. The van der Waals surface area contributed by atoms with Crippen molar-refractivity contribution >= 4 is 33.3 Å². The van der Waals surface area contributed by atoms with Gasteiger partial charge in [0, 0.05) is 25.5 Å². The van der Waals surface area contributed by atoms with Gasteiger partial charge in [-0.2, -0.15) is 0 Å². The van der Waals surface area contributed by atoms with Crippen LogP contribution in [-0.4, -0.2) is 48.0 Å². The van der Waals surface area contributed by atoms with E-state index in [1.54, 1.807) is 12.4 Å². The Morgan fingerprint density at radius 1 is 1.38 bits per heavy atom. The molecule has 114 valence electrons. The second-order valence-electron chi connectivity index (χ2n) is 6.14. The molecule has 3 N–H and O–H groups in total. The Labute approximate surface area is 128 Å². The number of nitrogens with two attached hydrogens (primary N) is 1. The van der Waals surface area contributed by atoms with Crippen LogP contribution in [0.1, 0.15) is 23.5 Å². The van der Waals surface area contributed by atoms with E-state index in [0.29, 0.717) is 27.5 Å². The Kier molecular flexibility index (Phi) is 4.43. The largest absolute Gasteiger partial charge is 0.396 e. The number of nitrogens with one attached hydrogen (secondary N) is 1. The van der Waals surface area contributed by atoms with Crippen molar-refractivity contribution in [3.05, 3.63) is 17.3 Å². The fourth-order valence-corrected chi connectivity index (χ4v) is 3.26. The van der Waals surface area contributed by atoms with Gasteiger partial charge in [-0.15, -0.1) is 11.3 Å². The summed E-state index contributed by atoms with van der Waals surface area (Å²) in [6, 6.07) is 0. The Morgan fingerprint density at radius 3 is 2.67 bits per heavy atom. The molecule has 2 heterocycles. The number of nitrogen functional groups attached to an aromatic ring is 1. The molecule has 0 saturated carbocycles. The first-order chi connectivity index (χ1) is 9.80. The zero-order valence-corrected chi connectivity index (χ0v) is 13.6. The maximum Gasteiger partial charge on any atom is 0.263 e. The highest BCUT2D eigenvalue weighted by atomic mass is 32.1. The van der Waals surface area contributed by atoms with Crippen molar-refractivity contribution in [3.8, 4) is 0 Å². The molecule has 21 heavy (non-hydrogen) atoms. The first-order valence-corrected chi connectivity index (χ1v) is 7.54. The van der Waals surface area contributed by atoms with Crippen molar-refractivity contribution in [2.75, 3.05) is 32.9 Å². The van der Waals surface area contributed by atoms with Crippen LogP contribution in [0.3, 0.4) is 0 Å². The lowest BCUT2D eigenvalue weighted by Crippen LogP contribution is -2.39. The smallest absolute Gasteiger partial charge is 0.263 e. The van der Waals surface area contributed by atoms with Crippen LogP contribution in [0.25, 0.3) is 10.3 Å². The van der Waals surface area contributed by atoms with E-state index in [1.165, 1.54) is 11.3 Å². The molecule has 0 unspecified atom stereocenters. The van der Waals surface area contributed by atoms with Gasteiger partial charge in [-0.05, 0) is 19.5 Å². The Hall–Kier alpha value is -1.73. The van der Waals surface area contributed by atoms with Crippen LogP contribution < -0.4 is 11.1 Å². The average molecular weight is 307 g/mol. The highest BCUT2D eigenvalue weighted by Gasteiger charge is 2.22. The number of hydrogen-bond acceptors (Lipinski definition) is 6. The van der Waals surface area contributed by atoms with Crippen LogP contribution in [0.15, 0.2) is 12.4 Å². The van der Waals surface area contributed by atoms with Crippen LogP contribution in [-0.2, 0) is 0 Å². The Morgan fingerprint density at radius 2 is 2.05 bits per heavy atom. The van der Waals surface area contributed by atoms with Gasteiger partial charge in [0.05, 0.1) is 5.69 Å². The van der Waals surface area contributed by atoms with E-state index >= 15 is 0 Å². The highest BCUT2D eigenvalue weighted by Crippen LogP contribution is 2.30. The molecule has 2 aromatic heterocycles. The van der Waals surface area contributed by atoms with E-state index < -0.39 is 0 Å². The number of fused-ring (bicyclic) bond motifs is 1. The number of carbonyl (C=O) groups is 1.